The highest BCUT2D eigenvalue weighted by Crippen LogP contribution is 2.44. The lowest BCUT2D eigenvalue weighted by Crippen LogP contribution is -2.69. The minimum absolute atomic E-state index is 0.0746. The van der Waals surface area contributed by atoms with Crippen LogP contribution >= 0.6 is 0 Å². The third-order valence-corrected chi connectivity index (χ3v) is 29.4. The molecule has 60 nitrogen and oxygen atoms in total. The summed E-state index contributed by atoms with van der Waals surface area (Å²) in [4.78, 5) is 0. The fourth-order valence-corrected chi connectivity index (χ4v) is 20.8. The molecule has 0 radical (unpaired) electrons. The Kier molecular flexibility index (Phi) is 44.1. The Morgan fingerprint density at radius 1 is 0.122 bits per heavy atom. The molecule has 45 fully saturated rings. The van der Waals surface area contributed by atoms with Crippen molar-refractivity contribution >= 4 is 0 Å². The van der Waals surface area contributed by atoms with Crippen molar-refractivity contribution in [3.05, 3.63) is 0 Å². The average molecular weight is 2170 g/mol. The standard InChI is InChI=1S/C88H148O60/c89-17-29-65-43(99)55(111)79(127-29)141-69-33(21-93)131-83(59(115)47(69)103)145-73-37-25-121-13-9-5-1-3-7-11-15-123-27-39-75-49(105)61(117)85(133-39)143-71-35(23-95)129-81(57(113)45(71)101)139-67-31(19-91)125-77(53(109)41(67)97)138-66-30(18-90)128-80(56(112)44(66)100)142-70-34(22-94)132-84(60(116)48(70)104)146-74-38(136-88(147-75)64(120)52(74)108)26-122-14-10-6-2-4-8-12-16-124-28-40-76(148-87(135-37)63(119)51(73)107)50(106)62(118)86(134-40)144-72-36(24-96)130-82(58(114)46(72)102)140-68-32(20-92)126-78(137-65)54(110)42(68)98/h29-120H,1-28H2/t29-,30+,31-,32+,33-,34-,35+,36+,37-,38-,39+,40+,41-,42-,43+,44+,45-,46-,47-,48-,49-,50+,51-,52-,53+,54+,55+,56+,57+,58+,59-,60+,61-,62+,63+,64-,65+,66-,67-,68+,69-,70+,71-,72+,73-,74-,75-,76-,77+,78+,79-,80+,81+,82+,83-,84+,85+,86+,87+,88-/m1/s1. The summed E-state index contributed by atoms with van der Waals surface area (Å²) in [7, 11) is 0. The SMILES string of the molecule is OC[C@@H]1O[C@H]2O[C@@H]3[C@@H](O)[C@H](O)[C@@H](O[C@H]4[C@H](O)[C@@H](O)[C@@H](O[C@H]5[C@H](O)[C@H](O)[C@@H]6O[C@H]7[C@@H](O)[C@H](O)[C@H](O[C@@H]8[C@H](O)[C@H](O)[C@H](O[C@@H]1[C@H](O)[C@@H]2O)O[C@H]8CO)O[C@H]7COCCCCCCCCOC[C@H]1O[C@@H]2O[C@H]7[C@H](O)[C@@H](O)[C@H](O[C@H]8[C@H](O)[C@H](O)[C@H](O[C@H]9[C@H](O)[C@H](O)[C@H](O[C@H]%10[C@@H](O)[C@H](O)[C@H](O[C@@H]%11[C@H](O)[C@H](O)[C@H](O[C@H]1[C@H](O)[C@H]2O)O[C@@H]%11CO)O[C@H]%10CO)O[C@@H]9CO)O[C@H]8CO)O[C@H]7COCCCCCCCCOC[C@H]5O6)O[C@@H]4CO)O[C@@H]3CO. The lowest BCUT2D eigenvalue weighted by molar-refractivity contribution is -0.404. The highest BCUT2D eigenvalue weighted by atomic mass is 16.8. The van der Waals surface area contributed by atoms with Gasteiger partial charge in [-0.15, -0.1) is 0 Å². The van der Waals surface area contributed by atoms with Gasteiger partial charge in [-0.2, -0.15) is 0 Å². The van der Waals surface area contributed by atoms with Gasteiger partial charge in [-0.05, 0) is 25.7 Å². The first-order chi connectivity index (χ1) is 71.0. The van der Waals surface area contributed by atoms with Crippen molar-refractivity contribution in [2.24, 2.45) is 0 Å². The molecule has 60 atom stereocenters. The molecule has 0 aromatic heterocycles. The molecule has 0 aromatic rings. The van der Waals surface area contributed by atoms with Gasteiger partial charge in [-0.1, -0.05) is 51.4 Å². The second-order valence-corrected chi connectivity index (χ2v) is 39.5. The topological polar surface area (TPSA) is 906 Å². The van der Waals surface area contributed by atoms with E-state index < -0.39 is 448 Å². The van der Waals surface area contributed by atoms with E-state index in [0.717, 1.165) is 0 Å². The first-order valence-electron chi connectivity index (χ1n) is 50.2. The second kappa shape index (κ2) is 54.6. The molecule has 0 saturated carbocycles. The predicted molar refractivity (Wildman–Crippen MR) is 462 cm³/mol. The number of rotatable bonds is 8. The Labute approximate surface area is 844 Å². The molecule has 0 aliphatic carbocycles. The van der Waals surface area contributed by atoms with Gasteiger partial charge in [-0.25, -0.2) is 0 Å². The zero-order chi connectivity index (χ0) is 106. The van der Waals surface area contributed by atoms with E-state index in [4.69, 9.17) is 133 Å². The molecule has 860 valence electrons. The van der Waals surface area contributed by atoms with E-state index in [0.29, 0.717) is 77.0 Å². The Balaban J connectivity index is 0.680. The Bertz CT molecular complexity index is 3580. The summed E-state index contributed by atoms with van der Waals surface area (Å²) < 4.78 is 169. The molecule has 45 saturated heterocycles. The van der Waals surface area contributed by atoms with Gasteiger partial charge in [0, 0.05) is 26.4 Å². The van der Waals surface area contributed by atoms with Crippen LogP contribution in [0.2, 0.25) is 0 Å². The van der Waals surface area contributed by atoms with Crippen LogP contribution in [0.15, 0.2) is 0 Å². The minimum Gasteiger partial charge on any atom is -0.394 e. The molecule has 28 bridgehead atoms. The fraction of sp³-hybridized carbons (Fsp3) is 1.00. The summed E-state index contributed by atoms with van der Waals surface area (Å²) in [5.74, 6) is 0. The van der Waals surface area contributed by atoms with E-state index in [1.54, 1.807) is 0 Å². The van der Waals surface area contributed by atoms with Crippen LogP contribution in [0.4, 0.5) is 0 Å². The maximum atomic E-state index is 12.3. The normalized spacial score (nSPS) is 52.9. The molecule has 45 aliphatic rings. The first kappa shape index (κ1) is 120. The Morgan fingerprint density at radius 3 is 0.358 bits per heavy atom. The summed E-state index contributed by atoms with van der Waals surface area (Å²) in [6.07, 6.45) is -117. The molecule has 45 heterocycles. The van der Waals surface area contributed by atoms with Crippen molar-refractivity contribution in [2.45, 2.75) is 446 Å². The van der Waals surface area contributed by atoms with Crippen LogP contribution in [0, 0.1) is 0 Å². The van der Waals surface area contributed by atoms with E-state index in [2.05, 4.69) is 0 Å². The summed E-state index contributed by atoms with van der Waals surface area (Å²) >= 11 is 0. The molecule has 0 amide bonds. The largest absolute Gasteiger partial charge is 0.394 e. The van der Waals surface area contributed by atoms with Crippen LogP contribution in [0.1, 0.15) is 77.0 Å². The van der Waals surface area contributed by atoms with Gasteiger partial charge < -0.3 is 296 Å². The van der Waals surface area contributed by atoms with Crippen LogP contribution in [0.25, 0.3) is 0 Å². The molecule has 0 spiro atoms. The highest BCUT2D eigenvalue weighted by Gasteiger charge is 2.64. The number of ether oxygens (including phenoxy) is 28. The number of aliphatic hydroxyl groups excluding tert-OH is 32. The maximum Gasteiger partial charge on any atom is 0.187 e. The van der Waals surface area contributed by atoms with Crippen LogP contribution in [-0.4, -0.2) is 638 Å². The zero-order valence-electron chi connectivity index (χ0n) is 80.2. The molecular weight excluding hydrogens is 2020 g/mol. The van der Waals surface area contributed by atoms with Crippen LogP contribution in [0.3, 0.4) is 0 Å². The summed E-state index contributed by atoms with van der Waals surface area (Å²) in [5, 5.41) is 371. The third-order valence-electron chi connectivity index (χ3n) is 29.4. The summed E-state index contributed by atoms with van der Waals surface area (Å²) in [6.45, 7) is -11.2. The van der Waals surface area contributed by atoms with E-state index in [1.165, 1.54) is 0 Å². The van der Waals surface area contributed by atoms with E-state index in [1.807, 2.05) is 0 Å². The van der Waals surface area contributed by atoms with Crippen LogP contribution in [-0.2, 0) is 133 Å². The molecule has 0 unspecified atom stereocenters. The van der Waals surface area contributed by atoms with E-state index in [-0.39, 0.29) is 26.4 Å². The number of hydrogen-bond donors (Lipinski definition) is 32. The molecule has 45 rings (SSSR count). The van der Waals surface area contributed by atoms with Gasteiger partial charge in [0.05, 0.1) is 79.3 Å². The molecular formula is C88H148O60. The van der Waals surface area contributed by atoms with Crippen molar-refractivity contribution in [3.8, 4) is 0 Å². The van der Waals surface area contributed by atoms with Crippen molar-refractivity contribution in [1.82, 2.24) is 0 Å². The summed E-state index contributed by atoms with van der Waals surface area (Å²) in [5.41, 5.74) is 0. The second-order valence-electron chi connectivity index (χ2n) is 39.5. The molecule has 148 heavy (non-hydrogen) atoms. The Morgan fingerprint density at radius 2 is 0.230 bits per heavy atom. The maximum absolute atomic E-state index is 12.3. The third kappa shape index (κ3) is 26.6. The molecule has 45 aliphatic heterocycles. The molecule has 60 heteroatoms. The van der Waals surface area contributed by atoms with Gasteiger partial charge in [0.2, 0.25) is 0 Å². The van der Waals surface area contributed by atoms with Crippen molar-refractivity contribution in [3.63, 3.8) is 0 Å². The van der Waals surface area contributed by atoms with Crippen molar-refractivity contribution in [1.29, 1.82) is 0 Å². The average Bonchev–Trinajstić information content (AvgIpc) is 0.764. The monoisotopic (exact) mass is 2160 g/mol. The van der Waals surface area contributed by atoms with Gasteiger partial charge in [-0.3, -0.25) is 0 Å². The van der Waals surface area contributed by atoms with E-state index in [9.17, 15) is 163 Å². The Hall–Kier alpha value is -2.40. The minimum atomic E-state index is -2.26. The van der Waals surface area contributed by atoms with Gasteiger partial charge in [0.25, 0.3) is 0 Å². The zero-order valence-corrected chi connectivity index (χ0v) is 80.2. The van der Waals surface area contributed by atoms with E-state index >= 15 is 0 Å². The lowest BCUT2D eigenvalue weighted by atomic mass is 9.94. The van der Waals surface area contributed by atoms with Gasteiger partial charge >= 0.3 is 0 Å². The number of aliphatic hydroxyl groups is 32. The summed E-state index contributed by atoms with van der Waals surface area (Å²) in [6, 6.07) is 0. The lowest BCUT2D eigenvalue weighted by Gasteiger charge is -2.50. The van der Waals surface area contributed by atoms with Gasteiger partial charge in [0.15, 0.2) is 75.5 Å². The van der Waals surface area contributed by atoms with Crippen molar-refractivity contribution in [2.75, 3.05) is 106 Å². The molecule has 32 N–H and O–H groups in total. The van der Waals surface area contributed by atoms with Crippen molar-refractivity contribution < 1.29 is 296 Å². The fourth-order valence-electron chi connectivity index (χ4n) is 20.8. The van der Waals surface area contributed by atoms with Crippen LogP contribution < -0.4 is 0 Å². The molecule has 0 aromatic carbocycles. The highest BCUT2D eigenvalue weighted by molar-refractivity contribution is 5.06. The van der Waals surface area contributed by atoms with Crippen LogP contribution in [0.5, 0.6) is 0 Å². The number of hydrogen-bond acceptors (Lipinski definition) is 60. The van der Waals surface area contributed by atoms with Gasteiger partial charge in [0.1, 0.15) is 293 Å². The first-order valence-corrected chi connectivity index (χ1v) is 50.2. The smallest absolute Gasteiger partial charge is 0.187 e. The predicted octanol–water partition coefficient (Wildman–Crippen LogP) is -19.3. The quantitative estimate of drug-likeness (QED) is 0.107.